The molecule has 14 heavy (non-hydrogen) atoms. The van der Waals surface area contributed by atoms with Gasteiger partial charge in [0.1, 0.15) is 0 Å². The Kier molecular flexibility index (Phi) is 6.89. The second kappa shape index (κ2) is 7.42. The minimum Gasteiger partial charge on any atom is -0.404 e. The monoisotopic (exact) mass is 198 g/mol. The Hall–Kier alpha value is -0.990. The van der Waals surface area contributed by atoms with Crippen LogP contribution in [0.15, 0.2) is 11.8 Å². The summed E-state index contributed by atoms with van der Waals surface area (Å²) in [6.07, 6.45) is 6.91. The molecule has 0 aromatic rings. The quantitative estimate of drug-likeness (QED) is 0.523. The number of nitrogens with two attached hydrogens (primary N) is 1. The van der Waals surface area contributed by atoms with Crippen LogP contribution in [0.25, 0.3) is 0 Å². The summed E-state index contributed by atoms with van der Waals surface area (Å²) in [6, 6.07) is 0. The van der Waals surface area contributed by atoms with E-state index in [2.05, 4.69) is 6.92 Å². The van der Waals surface area contributed by atoms with Crippen molar-refractivity contribution in [1.82, 2.24) is 4.90 Å². The van der Waals surface area contributed by atoms with Crippen LogP contribution in [0.4, 0.5) is 0 Å². The fourth-order valence-electron chi connectivity index (χ4n) is 1.29. The molecular weight excluding hydrogens is 176 g/mol. The summed E-state index contributed by atoms with van der Waals surface area (Å²) in [6.45, 7) is 2.17. The fourth-order valence-corrected chi connectivity index (χ4v) is 1.29. The molecule has 0 fully saturated rings. The summed E-state index contributed by atoms with van der Waals surface area (Å²) in [5, 5.41) is 0. The van der Waals surface area contributed by atoms with Crippen molar-refractivity contribution >= 4 is 5.91 Å². The van der Waals surface area contributed by atoms with Crippen LogP contribution in [0.2, 0.25) is 0 Å². The van der Waals surface area contributed by atoms with E-state index >= 15 is 0 Å². The maximum Gasteiger partial charge on any atom is 0.250 e. The van der Waals surface area contributed by atoms with Crippen molar-refractivity contribution in [2.24, 2.45) is 5.73 Å². The first-order chi connectivity index (χ1) is 6.63. The molecule has 0 aliphatic heterocycles. The van der Waals surface area contributed by atoms with Gasteiger partial charge in [-0.1, -0.05) is 26.2 Å². The van der Waals surface area contributed by atoms with E-state index in [1.165, 1.54) is 25.5 Å². The molecule has 0 saturated carbocycles. The molecular formula is C11H22N2O. The zero-order valence-electron chi connectivity index (χ0n) is 9.55. The Balaban J connectivity index is 3.87. The van der Waals surface area contributed by atoms with Crippen LogP contribution in [-0.2, 0) is 4.79 Å². The normalized spacial score (nSPS) is 11.5. The van der Waals surface area contributed by atoms with E-state index in [4.69, 9.17) is 5.73 Å². The van der Waals surface area contributed by atoms with Gasteiger partial charge in [0, 0.05) is 25.9 Å². The van der Waals surface area contributed by atoms with Gasteiger partial charge >= 0.3 is 0 Å². The Morgan fingerprint density at radius 2 is 1.93 bits per heavy atom. The van der Waals surface area contributed by atoms with E-state index in [0.717, 1.165) is 18.4 Å². The van der Waals surface area contributed by atoms with E-state index in [1.54, 1.807) is 19.0 Å². The molecule has 0 aromatic carbocycles. The standard InChI is InChI=1S/C11H22N2O/c1-4-5-6-7-8-10(9-12)11(14)13(2)3/h9H,4-8,12H2,1-3H3. The molecule has 0 spiro atoms. The van der Waals surface area contributed by atoms with Crippen molar-refractivity contribution in [2.75, 3.05) is 14.1 Å². The zero-order valence-corrected chi connectivity index (χ0v) is 9.55. The highest BCUT2D eigenvalue weighted by molar-refractivity contribution is 5.92. The van der Waals surface area contributed by atoms with Crippen LogP contribution in [0.1, 0.15) is 39.0 Å². The van der Waals surface area contributed by atoms with E-state index < -0.39 is 0 Å². The van der Waals surface area contributed by atoms with Gasteiger partial charge in [0.05, 0.1) is 0 Å². The maximum absolute atomic E-state index is 11.5. The predicted molar refractivity (Wildman–Crippen MR) is 59.7 cm³/mol. The number of likely N-dealkylation sites (N-methyl/N-ethyl adjacent to an activating group) is 1. The van der Waals surface area contributed by atoms with Crippen molar-refractivity contribution in [3.63, 3.8) is 0 Å². The molecule has 0 aromatic heterocycles. The molecule has 0 rings (SSSR count). The summed E-state index contributed by atoms with van der Waals surface area (Å²) in [5.41, 5.74) is 6.14. The second-order valence-electron chi connectivity index (χ2n) is 3.70. The molecule has 0 heterocycles. The lowest BCUT2D eigenvalue weighted by Crippen LogP contribution is -2.24. The number of carbonyl (C=O) groups is 1. The van der Waals surface area contributed by atoms with Gasteiger partial charge in [-0.25, -0.2) is 0 Å². The highest BCUT2D eigenvalue weighted by Gasteiger charge is 2.09. The average Bonchev–Trinajstić information content (AvgIpc) is 2.17. The van der Waals surface area contributed by atoms with E-state index in [-0.39, 0.29) is 5.91 Å². The predicted octanol–water partition coefficient (Wildman–Crippen LogP) is 1.89. The molecule has 0 aliphatic carbocycles. The van der Waals surface area contributed by atoms with Crippen LogP contribution >= 0.6 is 0 Å². The van der Waals surface area contributed by atoms with Gasteiger partial charge < -0.3 is 10.6 Å². The first kappa shape index (κ1) is 13.0. The molecule has 1 amide bonds. The van der Waals surface area contributed by atoms with Crippen molar-refractivity contribution < 1.29 is 4.79 Å². The molecule has 0 bridgehead atoms. The molecule has 0 saturated heterocycles. The molecule has 3 nitrogen and oxygen atoms in total. The second-order valence-corrected chi connectivity index (χ2v) is 3.70. The van der Waals surface area contributed by atoms with E-state index in [1.807, 2.05) is 0 Å². The molecule has 0 radical (unpaired) electrons. The first-order valence-corrected chi connectivity index (χ1v) is 5.25. The van der Waals surface area contributed by atoms with Gasteiger partial charge in [0.2, 0.25) is 0 Å². The SMILES string of the molecule is CCCCCCC(=CN)C(=O)N(C)C. The van der Waals surface area contributed by atoms with Crippen LogP contribution in [0, 0.1) is 0 Å². The van der Waals surface area contributed by atoms with Crippen molar-refractivity contribution in [3.8, 4) is 0 Å². The van der Waals surface area contributed by atoms with Crippen LogP contribution in [0.3, 0.4) is 0 Å². The first-order valence-electron chi connectivity index (χ1n) is 5.25. The lowest BCUT2D eigenvalue weighted by Gasteiger charge is -2.12. The molecule has 3 heteroatoms. The van der Waals surface area contributed by atoms with E-state index in [9.17, 15) is 4.79 Å². The van der Waals surface area contributed by atoms with Gasteiger partial charge in [-0.2, -0.15) is 0 Å². The van der Waals surface area contributed by atoms with Gasteiger partial charge in [-0.15, -0.1) is 0 Å². The number of hydrogen-bond donors (Lipinski definition) is 1. The smallest absolute Gasteiger partial charge is 0.250 e. The lowest BCUT2D eigenvalue weighted by molar-refractivity contribution is -0.124. The summed E-state index contributed by atoms with van der Waals surface area (Å²) in [5.74, 6) is 0.0315. The zero-order chi connectivity index (χ0) is 11.0. The van der Waals surface area contributed by atoms with Crippen LogP contribution < -0.4 is 5.73 Å². The number of amides is 1. The average molecular weight is 198 g/mol. The largest absolute Gasteiger partial charge is 0.404 e. The Morgan fingerprint density at radius 1 is 1.29 bits per heavy atom. The highest BCUT2D eigenvalue weighted by atomic mass is 16.2. The van der Waals surface area contributed by atoms with Crippen molar-refractivity contribution in [3.05, 3.63) is 11.8 Å². The number of rotatable bonds is 6. The van der Waals surface area contributed by atoms with Gasteiger partial charge in [-0.05, 0) is 12.8 Å². The number of nitrogens with zero attached hydrogens (tertiary/aromatic N) is 1. The topological polar surface area (TPSA) is 46.3 Å². The minimum absolute atomic E-state index is 0.0315. The Labute approximate surface area is 87.0 Å². The number of carbonyl (C=O) groups excluding carboxylic acids is 1. The summed E-state index contributed by atoms with van der Waals surface area (Å²) < 4.78 is 0. The molecule has 0 atom stereocenters. The lowest BCUT2D eigenvalue weighted by atomic mass is 10.1. The van der Waals surface area contributed by atoms with E-state index in [0.29, 0.717) is 0 Å². The third kappa shape index (κ3) is 4.90. The summed E-state index contributed by atoms with van der Waals surface area (Å²) in [7, 11) is 3.50. The van der Waals surface area contributed by atoms with Crippen molar-refractivity contribution in [1.29, 1.82) is 0 Å². The molecule has 0 aliphatic rings. The summed E-state index contributed by atoms with van der Waals surface area (Å²) >= 11 is 0. The fraction of sp³-hybridized carbons (Fsp3) is 0.727. The van der Waals surface area contributed by atoms with Gasteiger partial charge in [0.25, 0.3) is 5.91 Å². The minimum atomic E-state index is 0.0315. The number of unbranched alkanes of at least 4 members (excludes halogenated alkanes) is 3. The molecule has 2 N–H and O–H groups in total. The Bertz CT molecular complexity index is 197. The summed E-state index contributed by atoms with van der Waals surface area (Å²) in [4.78, 5) is 13.1. The van der Waals surface area contributed by atoms with Crippen molar-refractivity contribution in [2.45, 2.75) is 39.0 Å². The van der Waals surface area contributed by atoms with Crippen LogP contribution in [0.5, 0.6) is 0 Å². The molecule has 82 valence electrons. The highest BCUT2D eigenvalue weighted by Crippen LogP contribution is 2.10. The third-order valence-corrected chi connectivity index (χ3v) is 2.18. The third-order valence-electron chi connectivity index (χ3n) is 2.18. The maximum atomic E-state index is 11.5. The Morgan fingerprint density at radius 3 is 2.36 bits per heavy atom. The molecule has 0 unspecified atom stereocenters. The number of hydrogen-bond acceptors (Lipinski definition) is 2. The van der Waals surface area contributed by atoms with Crippen LogP contribution in [-0.4, -0.2) is 24.9 Å². The van der Waals surface area contributed by atoms with Gasteiger partial charge in [0.15, 0.2) is 0 Å². The van der Waals surface area contributed by atoms with Gasteiger partial charge in [-0.3, -0.25) is 4.79 Å².